The molecule has 1 amide bonds. The van der Waals surface area contributed by atoms with Gasteiger partial charge in [-0.3, -0.25) is 9.78 Å². The number of rotatable bonds is 8. The number of aromatic nitrogens is 2. The lowest BCUT2D eigenvalue weighted by atomic mass is 10.1. The van der Waals surface area contributed by atoms with Crippen molar-refractivity contribution in [3.63, 3.8) is 0 Å². The molecular formula is C21H22N4O. The third-order valence-electron chi connectivity index (χ3n) is 3.99. The predicted molar refractivity (Wildman–Crippen MR) is 103 cm³/mol. The van der Waals surface area contributed by atoms with Crippen LogP contribution in [0.2, 0.25) is 0 Å². The highest BCUT2D eigenvalue weighted by atomic mass is 16.1. The fraction of sp³-hybridized carbons (Fsp3) is 0.190. The molecule has 2 heterocycles. The van der Waals surface area contributed by atoms with E-state index in [2.05, 4.69) is 44.9 Å². The first-order valence-corrected chi connectivity index (χ1v) is 8.72. The second-order valence-electron chi connectivity index (χ2n) is 5.99. The van der Waals surface area contributed by atoms with Gasteiger partial charge in [-0.05, 0) is 42.2 Å². The van der Waals surface area contributed by atoms with Gasteiger partial charge in [0.15, 0.2) is 0 Å². The molecule has 0 aliphatic heterocycles. The maximum absolute atomic E-state index is 12.1. The van der Waals surface area contributed by atoms with Crippen molar-refractivity contribution in [2.45, 2.75) is 19.4 Å². The van der Waals surface area contributed by atoms with Gasteiger partial charge in [-0.2, -0.15) is 0 Å². The van der Waals surface area contributed by atoms with Crippen molar-refractivity contribution in [2.75, 3.05) is 11.9 Å². The maximum Gasteiger partial charge on any atom is 0.270 e. The molecule has 26 heavy (non-hydrogen) atoms. The largest absolute Gasteiger partial charge is 0.384 e. The van der Waals surface area contributed by atoms with Gasteiger partial charge in [0.05, 0.1) is 11.9 Å². The van der Waals surface area contributed by atoms with Crippen molar-refractivity contribution in [2.24, 2.45) is 0 Å². The summed E-state index contributed by atoms with van der Waals surface area (Å²) in [7, 11) is 0. The summed E-state index contributed by atoms with van der Waals surface area (Å²) in [5.41, 5.74) is 3.62. The van der Waals surface area contributed by atoms with Gasteiger partial charge in [0.2, 0.25) is 0 Å². The topological polar surface area (TPSA) is 66.9 Å². The SMILES string of the molecule is O=C(NCc1cccnc1)c1ccc(NCCCc2ccccc2)cn1. The molecule has 3 aromatic rings. The van der Waals surface area contributed by atoms with Gasteiger partial charge >= 0.3 is 0 Å². The number of hydrogen-bond donors (Lipinski definition) is 2. The van der Waals surface area contributed by atoms with Gasteiger partial charge in [0.1, 0.15) is 5.69 Å². The first-order valence-electron chi connectivity index (χ1n) is 8.72. The molecule has 0 fully saturated rings. The van der Waals surface area contributed by atoms with Crippen molar-refractivity contribution < 1.29 is 4.79 Å². The van der Waals surface area contributed by atoms with Crippen molar-refractivity contribution in [3.05, 3.63) is 90.0 Å². The molecule has 132 valence electrons. The molecule has 0 aliphatic carbocycles. The van der Waals surface area contributed by atoms with Crippen LogP contribution in [-0.4, -0.2) is 22.4 Å². The Balaban J connectivity index is 1.42. The van der Waals surface area contributed by atoms with Crippen LogP contribution in [0.5, 0.6) is 0 Å². The standard InChI is InChI=1S/C21H22N4O/c26-21(25-15-18-9-4-12-22-14-18)20-11-10-19(16-24-20)23-13-5-8-17-6-2-1-3-7-17/h1-4,6-7,9-12,14,16,23H,5,8,13,15H2,(H,25,26). The first kappa shape index (κ1) is 17.6. The Morgan fingerprint density at radius 1 is 0.923 bits per heavy atom. The second-order valence-corrected chi connectivity index (χ2v) is 5.99. The molecule has 0 atom stereocenters. The molecule has 1 aromatic carbocycles. The molecule has 0 spiro atoms. The third-order valence-corrected chi connectivity index (χ3v) is 3.99. The molecule has 0 saturated carbocycles. The average Bonchev–Trinajstić information content (AvgIpc) is 2.71. The van der Waals surface area contributed by atoms with E-state index in [0.717, 1.165) is 30.6 Å². The van der Waals surface area contributed by atoms with Gasteiger partial charge < -0.3 is 10.6 Å². The number of amides is 1. The second kappa shape index (κ2) is 9.32. The highest BCUT2D eigenvalue weighted by Crippen LogP contribution is 2.08. The van der Waals surface area contributed by atoms with E-state index in [4.69, 9.17) is 0 Å². The van der Waals surface area contributed by atoms with Crippen molar-refractivity contribution in [1.82, 2.24) is 15.3 Å². The molecule has 5 heteroatoms. The highest BCUT2D eigenvalue weighted by molar-refractivity contribution is 5.92. The molecular weight excluding hydrogens is 324 g/mol. The van der Waals surface area contributed by atoms with Gasteiger partial charge in [0.25, 0.3) is 5.91 Å². The van der Waals surface area contributed by atoms with E-state index in [1.54, 1.807) is 24.7 Å². The van der Waals surface area contributed by atoms with E-state index in [0.29, 0.717) is 12.2 Å². The first-order chi connectivity index (χ1) is 12.8. The van der Waals surface area contributed by atoms with E-state index >= 15 is 0 Å². The monoisotopic (exact) mass is 346 g/mol. The summed E-state index contributed by atoms with van der Waals surface area (Å²) < 4.78 is 0. The van der Waals surface area contributed by atoms with E-state index in [1.807, 2.05) is 24.3 Å². The van der Waals surface area contributed by atoms with Crippen molar-refractivity contribution in [3.8, 4) is 0 Å². The number of anilines is 1. The maximum atomic E-state index is 12.1. The molecule has 0 bridgehead atoms. The van der Waals surface area contributed by atoms with E-state index in [1.165, 1.54) is 5.56 Å². The number of pyridine rings is 2. The minimum atomic E-state index is -0.190. The van der Waals surface area contributed by atoms with Crippen LogP contribution in [0.1, 0.15) is 28.0 Å². The Hall–Kier alpha value is -3.21. The zero-order valence-electron chi connectivity index (χ0n) is 14.6. The smallest absolute Gasteiger partial charge is 0.270 e. The van der Waals surface area contributed by atoms with Crippen LogP contribution in [0.3, 0.4) is 0 Å². The van der Waals surface area contributed by atoms with Crippen LogP contribution in [-0.2, 0) is 13.0 Å². The fourth-order valence-corrected chi connectivity index (χ4v) is 2.58. The molecule has 0 saturated heterocycles. The third kappa shape index (κ3) is 5.41. The van der Waals surface area contributed by atoms with Crippen LogP contribution in [0.15, 0.2) is 73.2 Å². The van der Waals surface area contributed by atoms with Crippen molar-refractivity contribution >= 4 is 11.6 Å². The lowest BCUT2D eigenvalue weighted by molar-refractivity contribution is 0.0946. The van der Waals surface area contributed by atoms with Gasteiger partial charge in [-0.15, -0.1) is 0 Å². The molecule has 2 aromatic heterocycles. The lowest BCUT2D eigenvalue weighted by Gasteiger charge is -2.08. The number of nitrogens with zero attached hydrogens (tertiary/aromatic N) is 2. The summed E-state index contributed by atoms with van der Waals surface area (Å²) in [5.74, 6) is -0.190. The minimum Gasteiger partial charge on any atom is -0.384 e. The van der Waals surface area contributed by atoms with Gasteiger partial charge in [0, 0.05) is 25.5 Å². The van der Waals surface area contributed by atoms with Crippen LogP contribution >= 0.6 is 0 Å². The number of carbonyl (C=O) groups excluding carboxylic acids is 1. The summed E-state index contributed by atoms with van der Waals surface area (Å²) in [6.07, 6.45) is 7.21. The molecule has 0 aliphatic rings. The molecule has 3 rings (SSSR count). The predicted octanol–water partition coefficient (Wildman–Crippen LogP) is 3.45. The van der Waals surface area contributed by atoms with Crippen LogP contribution in [0.25, 0.3) is 0 Å². The highest BCUT2D eigenvalue weighted by Gasteiger charge is 2.06. The molecule has 0 unspecified atom stereocenters. The quantitative estimate of drug-likeness (QED) is 0.613. The molecule has 0 radical (unpaired) electrons. The summed E-state index contributed by atoms with van der Waals surface area (Å²) in [4.78, 5) is 20.4. The zero-order valence-corrected chi connectivity index (χ0v) is 14.6. The normalized spacial score (nSPS) is 10.3. The number of benzene rings is 1. The lowest BCUT2D eigenvalue weighted by Crippen LogP contribution is -2.23. The van der Waals surface area contributed by atoms with Crippen LogP contribution in [0.4, 0.5) is 5.69 Å². The molecule has 5 nitrogen and oxygen atoms in total. The zero-order chi connectivity index (χ0) is 18.0. The number of carbonyl (C=O) groups is 1. The Bertz CT molecular complexity index is 804. The Kier molecular flexibility index (Phi) is 6.31. The summed E-state index contributed by atoms with van der Waals surface area (Å²) >= 11 is 0. The van der Waals surface area contributed by atoms with E-state index in [9.17, 15) is 4.79 Å². The van der Waals surface area contributed by atoms with E-state index < -0.39 is 0 Å². The minimum absolute atomic E-state index is 0.190. The average molecular weight is 346 g/mol. The number of nitrogens with one attached hydrogen (secondary N) is 2. The summed E-state index contributed by atoms with van der Waals surface area (Å²) in [5, 5.41) is 6.18. The van der Waals surface area contributed by atoms with Gasteiger partial charge in [-0.1, -0.05) is 36.4 Å². The van der Waals surface area contributed by atoms with Crippen LogP contribution < -0.4 is 10.6 Å². The Morgan fingerprint density at radius 3 is 2.50 bits per heavy atom. The van der Waals surface area contributed by atoms with Gasteiger partial charge in [-0.25, -0.2) is 4.98 Å². The van der Waals surface area contributed by atoms with Crippen molar-refractivity contribution in [1.29, 1.82) is 0 Å². The Labute approximate surface area is 153 Å². The van der Waals surface area contributed by atoms with Crippen LogP contribution in [0, 0.1) is 0 Å². The summed E-state index contributed by atoms with van der Waals surface area (Å²) in [6, 6.07) is 17.8. The number of hydrogen-bond acceptors (Lipinski definition) is 4. The fourth-order valence-electron chi connectivity index (χ4n) is 2.58. The summed E-state index contributed by atoms with van der Waals surface area (Å²) in [6.45, 7) is 1.30. The Morgan fingerprint density at radius 2 is 1.77 bits per heavy atom. The number of aryl methyl sites for hydroxylation is 1. The molecule has 2 N–H and O–H groups in total. The van der Waals surface area contributed by atoms with E-state index in [-0.39, 0.29) is 5.91 Å².